The monoisotopic (exact) mass is 1120 g/mol. The normalized spacial score (nSPS) is 16.7. The fourth-order valence-corrected chi connectivity index (χ4v) is 9.34. The Morgan fingerprint density at radius 2 is 1.24 bits per heavy atom. The first kappa shape index (κ1) is 64.9. The number of guanidine groups is 1. The number of nitrogens with zero attached hydrogens (tertiary/aromatic N) is 2. The van der Waals surface area contributed by atoms with E-state index in [9.17, 15) is 58.5 Å². The van der Waals surface area contributed by atoms with Crippen LogP contribution in [-0.4, -0.2) is 165 Å². The van der Waals surface area contributed by atoms with Crippen LogP contribution in [0, 0.1) is 17.8 Å². The number of aliphatic carboxylic acids is 1. The van der Waals surface area contributed by atoms with E-state index in [2.05, 4.69) is 47.2 Å². The van der Waals surface area contributed by atoms with Crippen molar-refractivity contribution in [2.24, 2.45) is 39.9 Å². The Hall–Kier alpha value is -7.64. The molecule has 0 aliphatic carbocycles. The predicted octanol–water partition coefficient (Wildman–Crippen LogP) is -1.08. The summed E-state index contributed by atoms with van der Waals surface area (Å²) in [7, 11) is 0. The molecule has 25 heteroatoms. The number of rotatable bonds is 31. The van der Waals surface area contributed by atoms with Crippen LogP contribution in [0.25, 0.3) is 10.9 Å². The van der Waals surface area contributed by atoms with Crippen LogP contribution >= 0.6 is 0 Å². The lowest BCUT2D eigenvalue weighted by atomic mass is 10.00. The minimum Gasteiger partial charge on any atom is -0.480 e. The number of carbonyl (C=O) groups excluding carboxylic acids is 8. The maximum Gasteiger partial charge on any atom is 0.326 e. The molecule has 0 saturated carbocycles. The molecule has 2 heterocycles. The molecule has 17 N–H and O–H groups in total. The van der Waals surface area contributed by atoms with Crippen LogP contribution in [0.1, 0.15) is 98.1 Å². The SMILES string of the molecule is CC(C)C[C@H](NC(=O)[C@@H](N)Cc1ccccc1)C(=O)N[C@@H](CO)C(=O)N[C@@H](Cc1c[nH]c2ccccc12)C(=O)N[C@H](C(=O)N[C@@H](CC(C)C)C(=O)N1CCC[C@H]1C(=O)N[C@@H](CCCN=C(N)N)C(=O)N[C@H](C(=O)O)C(C)C)[C@@H](C)O. The second kappa shape index (κ2) is 31.2. The highest BCUT2D eigenvalue weighted by Crippen LogP contribution is 2.23. The summed E-state index contributed by atoms with van der Waals surface area (Å²) < 4.78 is 0. The molecule has 0 unspecified atom stereocenters. The van der Waals surface area contributed by atoms with Crippen molar-refractivity contribution in [2.75, 3.05) is 19.7 Å². The summed E-state index contributed by atoms with van der Waals surface area (Å²) >= 11 is 0. The van der Waals surface area contributed by atoms with Gasteiger partial charge in [-0.3, -0.25) is 43.3 Å². The number of carbonyl (C=O) groups is 9. The van der Waals surface area contributed by atoms with Crippen LogP contribution in [-0.2, 0) is 56.0 Å². The molecule has 1 aliphatic heterocycles. The number of aliphatic hydroxyl groups is 2. The van der Waals surface area contributed by atoms with Crippen molar-refractivity contribution in [3.8, 4) is 0 Å². The first-order valence-electron chi connectivity index (χ1n) is 27.2. The third-order valence-corrected chi connectivity index (χ3v) is 13.6. The minimum atomic E-state index is -1.73. The van der Waals surface area contributed by atoms with Crippen molar-refractivity contribution in [1.29, 1.82) is 0 Å². The summed E-state index contributed by atoms with van der Waals surface area (Å²) in [6.45, 7) is 11.0. The number of aromatic amines is 1. The quantitative estimate of drug-likeness (QED) is 0.0207. The van der Waals surface area contributed by atoms with E-state index in [4.69, 9.17) is 17.2 Å². The Bertz CT molecular complexity index is 2620. The fourth-order valence-electron chi connectivity index (χ4n) is 9.34. The molecular formula is C55H83N13O12. The molecular weight excluding hydrogens is 1030 g/mol. The second-order valence-corrected chi connectivity index (χ2v) is 21.5. The zero-order chi connectivity index (χ0) is 59.4. The largest absolute Gasteiger partial charge is 0.480 e. The second-order valence-electron chi connectivity index (χ2n) is 21.5. The number of fused-ring (bicyclic) bond motifs is 1. The van der Waals surface area contributed by atoms with Gasteiger partial charge in [-0.25, -0.2) is 4.79 Å². The highest BCUT2D eigenvalue weighted by molar-refractivity contribution is 5.99. The number of carboxylic acids is 1. The molecule has 1 saturated heterocycles. The van der Waals surface area contributed by atoms with E-state index in [0.29, 0.717) is 22.9 Å². The zero-order valence-electron chi connectivity index (χ0n) is 46.7. The number of likely N-dealkylation sites (tertiary alicyclic amines) is 1. The molecule has 4 rings (SSSR count). The van der Waals surface area contributed by atoms with E-state index in [-0.39, 0.29) is 75.8 Å². The molecule has 0 spiro atoms. The Morgan fingerprint density at radius 3 is 1.85 bits per heavy atom. The van der Waals surface area contributed by atoms with E-state index >= 15 is 0 Å². The van der Waals surface area contributed by atoms with Gasteiger partial charge in [0.2, 0.25) is 47.3 Å². The highest BCUT2D eigenvalue weighted by Gasteiger charge is 2.41. The number of aliphatic hydroxyl groups excluding tert-OH is 2. The Kier molecular flexibility index (Phi) is 25.3. The van der Waals surface area contributed by atoms with Crippen molar-refractivity contribution < 1.29 is 58.5 Å². The third-order valence-electron chi connectivity index (χ3n) is 13.6. The number of hydrogen-bond acceptors (Lipinski definition) is 13. The number of nitrogens with one attached hydrogen (secondary N) is 8. The average Bonchev–Trinajstić information content (AvgIpc) is 4.08. The third kappa shape index (κ3) is 19.6. The van der Waals surface area contributed by atoms with Gasteiger partial charge in [0.15, 0.2) is 5.96 Å². The predicted molar refractivity (Wildman–Crippen MR) is 298 cm³/mol. The van der Waals surface area contributed by atoms with Crippen LogP contribution in [0.4, 0.5) is 0 Å². The van der Waals surface area contributed by atoms with E-state index in [1.807, 2.05) is 32.0 Å². The van der Waals surface area contributed by atoms with Crippen molar-refractivity contribution in [2.45, 2.75) is 160 Å². The first-order chi connectivity index (χ1) is 37.8. The van der Waals surface area contributed by atoms with Crippen molar-refractivity contribution in [3.63, 3.8) is 0 Å². The molecule has 440 valence electrons. The Labute approximate surface area is 466 Å². The summed E-state index contributed by atoms with van der Waals surface area (Å²) in [6.07, 6.45) is 1.00. The summed E-state index contributed by atoms with van der Waals surface area (Å²) in [5.41, 5.74) is 19.2. The van der Waals surface area contributed by atoms with E-state index in [1.54, 1.807) is 70.3 Å². The number of hydrogen-bond donors (Lipinski definition) is 14. The van der Waals surface area contributed by atoms with Crippen LogP contribution in [0.5, 0.6) is 0 Å². The van der Waals surface area contributed by atoms with Gasteiger partial charge in [0.1, 0.15) is 48.3 Å². The summed E-state index contributed by atoms with van der Waals surface area (Å²) in [5.74, 6) is -8.79. The summed E-state index contributed by atoms with van der Waals surface area (Å²) in [6, 6.07) is 4.20. The summed E-state index contributed by atoms with van der Waals surface area (Å²) in [4.78, 5) is 132. The number of aliphatic imine (C=N–C) groups is 1. The molecule has 80 heavy (non-hydrogen) atoms. The van der Waals surface area contributed by atoms with Gasteiger partial charge < -0.3 is 79.6 Å². The maximum absolute atomic E-state index is 14.5. The lowest BCUT2D eigenvalue weighted by molar-refractivity contribution is -0.144. The number of nitrogens with two attached hydrogens (primary N) is 3. The molecule has 2 aromatic carbocycles. The highest BCUT2D eigenvalue weighted by atomic mass is 16.4. The van der Waals surface area contributed by atoms with Gasteiger partial charge in [-0.2, -0.15) is 0 Å². The Balaban J connectivity index is 1.55. The number of benzene rings is 2. The first-order valence-corrected chi connectivity index (χ1v) is 27.2. The minimum absolute atomic E-state index is 0.00867. The molecule has 1 fully saturated rings. The standard InChI is InChI=1S/C55H83N13O12/c1-29(2)23-39(62-46(71)36(56)25-33-15-9-8-10-16-33)48(73)65-42(28-69)50(75)63-40(26-34-27-60-37-18-12-11-17-35(34)37)49(74)67-45(32(7)70)52(77)64-41(24-30(3)4)53(78)68-22-14-20-43(68)51(76)61-38(19-13-21-59-55(57)58)47(72)66-44(31(5)6)54(79)80/h8-12,15-18,27,29-32,36,38-45,60,69-70H,13-14,19-26,28,56H2,1-7H3,(H,61,76)(H,62,71)(H,63,75)(H,64,77)(H,65,73)(H,66,72)(H,67,74)(H,79,80)(H4,57,58,59)/t32-,36+,38+,39+,40+,41+,42+,43+,44+,45+/m1/s1. The molecule has 0 bridgehead atoms. The zero-order valence-corrected chi connectivity index (χ0v) is 46.7. The van der Waals surface area contributed by atoms with E-state index in [1.165, 1.54) is 11.8 Å². The van der Waals surface area contributed by atoms with Gasteiger partial charge in [0.25, 0.3) is 0 Å². The number of H-pyrrole nitrogens is 1. The van der Waals surface area contributed by atoms with Crippen molar-refractivity contribution >= 4 is 70.1 Å². The van der Waals surface area contributed by atoms with E-state index < -0.39 is 126 Å². The van der Waals surface area contributed by atoms with Crippen LogP contribution in [0.3, 0.4) is 0 Å². The average molecular weight is 1120 g/mol. The number of amides is 8. The molecule has 10 atom stereocenters. The van der Waals surface area contributed by atoms with Gasteiger partial charge in [-0.1, -0.05) is 90.1 Å². The lowest BCUT2D eigenvalue weighted by Gasteiger charge is -2.32. The van der Waals surface area contributed by atoms with Crippen LogP contribution in [0.2, 0.25) is 0 Å². The molecule has 1 aliphatic rings. The number of carboxylic acid groups (broad SMARTS) is 1. The van der Waals surface area contributed by atoms with Gasteiger partial charge in [0, 0.05) is 36.6 Å². The van der Waals surface area contributed by atoms with Gasteiger partial charge >= 0.3 is 5.97 Å². The van der Waals surface area contributed by atoms with E-state index in [0.717, 1.165) is 5.56 Å². The molecule has 3 aromatic rings. The maximum atomic E-state index is 14.5. The van der Waals surface area contributed by atoms with Gasteiger partial charge in [0.05, 0.1) is 18.8 Å². The molecule has 8 amide bonds. The lowest BCUT2D eigenvalue weighted by Crippen LogP contribution is -2.62. The molecule has 25 nitrogen and oxygen atoms in total. The molecule has 1 aromatic heterocycles. The Morgan fingerprint density at radius 1 is 0.675 bits per heavy atom. The number of para-hydroxylation sites is 1. The smallest absolute Gasteiger partial charge is 0.326 e. The van der Waals surface area contributed by atoms with Crippen molar-refractivity contribution in [1.82, 2.24) is 47.1 Å². The topological polar surface area (TPSA) is 408 Å². The van der Waals surface area contributed by atoms with Crippen LogP contribution in [0.15, 0.2) is 65.8 Å². The number of aromatic nitrogens is 1. The van der Waals surface area contributed by atoms with Crippen LogP contribution < -0.4 is 54.4 Å². The van der Waals surface area contributed by atoms with Gasteiger partial charge in [-0.05, 0) is 86.8 Å². The molecule has 0 radical (unpaired) electrons. The summed E-state index contributed by atoms with van der Waals surface area (Å²) in [5, 5.41) is 50.2. The van der Waals surface area contributed by atoms with Gasteiger partial charge in [-0.15, -0.1) is 0 Å². The van der Waals surface area contributed by atoms with Crippen molar-refractivity contribution in [3.05, 3.63) is 71.9 Å². The fraction of sp³-hybridized carbons (Fsp3) is 0.564.